The van der Waals surface area contributed by atoms with Gasteiger partial charge in [-0.2, -0.15) is 0 Å². The average Bonchev–Trinajstić information content (AvgIpc) is 2.10. The lowest BCUT2D eigenvalue weighted by molar-refractivity contribution is 0.597. The van der Waals surface area contributed by atoms with Crippen LogP contribution in [-0.2, 0) is 0 Å². The molecule has 1 atom stereocenters. The summed E-state index contributed by atoms with van der Waals surface area (Å²) in [5.74, 6) is 0.501. The standard InChI is InChI=1S/C11H19N/c1-5-7-8-10(3)11(4)9-12-6-2/h5,7-8,11-12H,1,3,6,9H2,2,4H3/b8-7-. The fraction of sp³-hybridized carbons (Fsp3) is 0.455. The van der Waals surface area contributed by atoms with Crippen molar-refractivity contribution in [3.63, 3.8) is 0 Å². The van der Waals surface area contributed by atoms with Gasteiger partial charge in [0.15, 0.2) is 0 Å². The Morgan fingerprint density at radius 1 is 1.58 bits per heavy atom. The Morgan fingerprint density at radius 2 is 2.25 bits per heavy atom. The molecule has 0 saturated heterocycles. The fourth-order valence-electron chi connectivity index (χ4n) is 0.848. The van der Waals surface area contributed by atoms with E-state index < -0.39 is 0 Å². The summed E-state index contributed by atoms with van der Waals surface area (Å²) in [5.41, 5.74) is 1.15. The second-order valence-electron chi connectivity index (χ2n) is 2.88. The van der Waals surface area contributed by atoms with E-state index in [1.54, 1.807) is 6.08 Å². The molecule has 0 rings (SSSR count). The summed E-state index contributed by atoms with van der Waals surface area (Å²) >= 11 is 0. The molecule has 0 aliphatic heterocycles. The molecule has 1 unspecified atom stereocenters. The molecule has 68 valence electrons. The Labute approximate surface area is 75.9 Å². The van der Waals surface area contributed by atoms with E-state index >= 15 is 0 Å². The molecule has 0 fully saturated rings. The first-order valence-electron chi connectivity index (χ1n) is 4.41. The summed E-state index contributed by atoms with van der Waals surface area (Å²) in [6.45, 7) is 13.9. The van der Waals surface area contributed by atoms with Gasteiger partial charge in [0, 0.05) is 6.54 Å². The third-order valence-electron chi connectivity index (χ3n) is 1.78. The minimum Gasteiger partial charge on any atom is -0.316 e. The largest absolute Gasteiger partial charge is 0.316 e. The zero-order chi connectivity index (χ0) is 9.40. The molecule has 1 nitrogen and oxygen atoms in total. The van der Waals surface area contributed by atoms with Crippen LogP contribution in [0, 0.1) is 5.92 Å². The average molecular weight is 165 g/mol. The number of hydrogen-bond donors (Lipinski definition) is 1. The van der Waals surface area contributed by atoms with Crippen molar-refractivity contribution in [3.05, 3.63) is 37.0 Å². The summed E-state index contributed by atoms with van der Waals surface area (Å²) in [6, 6.07) is 0. The molecule has 0 aromatic carbocycles. The van der Waals surface area contributed by atoms with Crippen LogP contribution in [0.15, 0.2) is 37.0 Å². The van der Waals surface area contributed by atoms with Crippen molar-refractivity contribution in [1.29, 1.82) is 0 Å². The monoisotopic (exact) mass is 165 g/mol. The molecule has 1 N–H and O–H groups in total. The summed E-state index contributed by atoms with van der Waals surface area (Å²) in [6.07, 6.45) is 5.70. The van der Waals surface area contributed by atoms with E-state index in [9.17, 15) is 0 Å². The van der Waals surface area contributed by atoms with E-state index in [4.69, 9.17) is 0 Å². The van der Waals surface area contributed by atoms with Gasteiger partial charge in [-0.25, -0.2) is 0 Å². The van der Waals surface area contributed by atoms with Gasteiger partial charge in [-0.3, -0.25) is 0 Å². The first kappa shape index (κ1) is 11.2. The van der Waals surface area contributed by atoms with Gasteiger partial charge in [0.25, 0.3) is 0 Å². The van der Waals surface area contributed by atoms with Crippen molar-refractivity contribution in [2.45, 2.75) is 13.8 Å². The molecule has 0 radical (unpaired) electrons. The van der Waals surface area contributed by atoms with E-state index in [0.29, 0.717) is 5.92 Å². The minimum atomic E-state index is 0.501. The second kappa shape index (κ2) is 6.86. The number of allylic oxidation sites excluding steroid dienone is 3. The first-order valence-corrected chi connectivity index (χ1v) is 4.41. The zero-order valence-corrected chi connectivity index (χ0v) is 8.14. The van der Waals surface area contributed by atoms with Gasteiger partial charge in [-0.05, 0) is 12.5 Å². The SMILES string of the molecule is C=C/C=C\C(=C)C(C)CNCC. The quantitative estimate of drug-likeness (QED) is 0.596. The van der Waals surface area contributed by atoms with Crippen molar-refractivity contribution in [1.82, 2.24) is 5.32 Å². The van der Waals surface area contributed by atoms with Crippen LogP contribution in [0.25, 0.3) is 0 Å². The van der Waals surface area contributed by atoms with Crippen molar-refractivity contribution in [3.8, 4) is 0 Å². The Hall–Kier alpha value is -0.820. The lowest BCUT2D eigenvalue weighted by Gasteiger charge is -2.11. The Kier molecular flexibility index (Phi) is 6.39. The fourth-order valence-corrected chi connectivity index (χ4v) is 0.848. The van der Waals surface area contributed by atoms with Crippen LogP contribution in [0.1, 0.15) is 13.8 Å². The summed E-state index contributed by atoms with van der Waals surface area (Å²) in [5, 5.41) is 3.28. The topological polar surface area (TPSA) is 12.0 Å². The molecule has 12 heavy (non-hydrogen) atoms. The third-order valence-corrected chi connectivity index (χ3v) is 1.78. The molecule has 0 amide bonds. The maximum absolute atomic E-state index is 3.97. The molecule has 0 aliphatic rings. The van der Waals surface area contributed by atoms with Crippen molar-refractivity contribution in [2.75, 3.05) is 13.1 Å². The van der Waals surface area contributed by atoms with Gasteiger partial charge < -0.3 is 5.32 Å². The lowest BCUT2D eigenvalue weighted by atomic mass is 10.0. The first-order chi connectivity index (χ1) is 5.72. The highest BCUT2D eigenvalue weighted by Gasteiger charge is 2.01. The van der Waals surface area contributed by atoms with E-state index in [-0.39, 0.29) is 0 Å². The number of nitrogens with one attached hydrogen (secondary N) is 1. The van der Waals surface area contributed by atoms with Gasteiger partial charge in [-0.15, -0.1) is 0 Å². The molecule has 0 aromatic rings. The summed E-state index contributed by atoms with van der Waals surface area (Å²) in [7, 11) is 0. The molecule has 0 heterocycles. The molecular weight excluding hydrogens is 146 g/mol. The van der Waals surface area contributed by atoms with Crippen LogP contribution in [0.3, 0.4) is 0 Å². The van der Waals surface area contributed by atoms with Gasteiger partial charge >= 0.3 is 0 Å². The molecule has 0 aromatic heterocycles. The van der Waals surface area contributed by atoms with E-state index in [0.717, 1.165) is 18.7 Å². The highest BCUT2D eigenvalue weighted by molar-refractivity contribution is 5.20. The molecule has 1 heteroatoms. The number of hydrogen-bond acceptors (Lipinski definition) is 1. The zero-order valence-electron chi connectivity index (χ0n) is 8.14. The van der Waals surface area contributed by atoms with E-state index in [1.807, 2.05) is 12.2 Å². The van der Waals surface area contributed by atoms with Crippen LogP contribution < -0.4 is 5.32 Å². The molecule has 0 bridgehead atoms. The van der Waals surface area contributed by atoms with E-state index in [2.05, 4.69) is 32.3 Å². The van der Waals surface area contributed by atoms with Gasteiger partial charge in [0.05, 0.1) is 0 Å². The number of rotatable bonds is 6. The maximum Gasteiger partial charge on any atom is 0.00171 e. The minimum absolute atomic E-state index is 0.501. The van der Waals surface area contributed by atoms with E-state index in [1.165, 1.54) is 0 Å². The van der Waals surface area contributed by atoms with Crippen LogP contribution in [0.2, 0.25) is 0 Å². The van der Waals surface area contributed by atoms with Gasteiger partial charge in [0.1, 0.15) is 0 Å². The van der Waals surface area contributed by atoms with Crippen LogP contribution in [0.5, 0.6) is 0 Å². The Morgan fingerprint density at radius 3 is 2.75 bits per heavy atom. The third kappa shape index (κ3) is 4.91. The van der Waals surface area contributed by atoms with Crippen molar-refractivity contribution in [2.24, 2.45) is 5.92 Å². The Balaban J connectivity index is 3.76. The predicted octanol–water partition coefficient (Wildman–Crippen LogP) is 2.53. The van der Waals surface area contributed by atoms with Crippen LogP contribution >= 0.6 is 0 Å². The smallest absolute Gasteiger partial charge is 0.00171 e. The Bertz CT molecular complexity index is 168. The predicted molar refractivity (Wildman–Crippen MR) is 56.2 cm³/mol. The molecule has 0 saturated carbocycles. The highest BCUT2D eigenvalue weighted by Crippen LogP contribution is 2.07. The summed E-state index contributed by atoms with van der Waals surface area (Å²) in [4.78, 5) is 0. The molecular formula is C11H19N. The summed E-state index contributed by atoms with van der Waals surface area (Å²) < 4.78 is 0. The normalized spacial score (nSPS) is 13.2. The maximum atomic E-state index is 3.97. The van der Waals surface area contributed by atoms with Gasteiger partial charge in [0.2, 0.25) is 0 Å². The molecule has 0 aliphatic carbocycles. The van der Waals surface area contributed by atoms with Crippen molar-refractivity contribution < 1.29 is 0 Å². The van der Waals surface area contributed by atoms with Crippen molar-refractivity contribution >= 4 is 0 Å². The molecule has 0 spiro atoms. The van der Waals surface area contributed by atoms with Gasteiger partial charge in [-0.1, -0.05) is 50.8 Å². The second-order valence-corrected chi connectivity index (χ2v) is 2.88. The highest BCUT2D eigenvalue weighted by atomic mass is 14.8. The lowest BCUT2D eigenvalue weighted by Crippen LogP contribution is -2.21. The van der Waals surface area contributed by atoms with Crippen LogP contribution in [-0.4, -0.2) is 13.1 Å². The van der Waals surface area contributed by atoms with Crippen LogP contribution in [0.4, 0.5) is 0 Å².